The van der Waals surface area contributed by atoms with E-state index in [9.17, 15) is 4.21 Å². The average Bonchev–Trinajstić information content (AvgIpc) is 2.19. The van der Waals surface area contributed by atoms with E-state index in [2.05, 4.69) is 0 Å². The van der Waals surface area contributed by atoms with Crippen LogP contribution in [0, 0.1) is 0 Å². The fourth-order valence-electron chi connectivity index (χ4n) is 0.858. The Balaban J connectivity index is 2.59. The van der Waals surface area contributed by atoms with Gasteiger partial charge >= 0.3 is 0 Å². The van der Waals surface area contributed by atoms with Crippen molar-refractivity contribution in [2.24, 2.45) is 0 Å². The topological polar surface area (TPSA) is 29.5 Å². The molecular formula is C9H13NO2S. The summed E-state index contributed by atoms with van der Waals surface area (Å²) in [7, 11) is 1.74. The van der Waals surface area contributed by atoms with E-state index in [0.717, 1.165) is 5.69 Å². The van der Waals surface area contributed by atoms with Crippen molar-refractivity contribution >= 4 is 16.8 Å². The fourth-order valence-corrected chi connectivity index (χ4v) is 1.30. The molecule has 0 saturated carbocycles. The Bertz CT molecular complexity index is 276. The first-order valence-electron chi connectivity index (χ1n) is 4.09. The Labute approximate surface area is 80.9 Å². The highest BCUT2D eigenvalue weighted by Gasteiger charge is 2.03. The smallest absolute Gasteiger partial charge is 0.179 e. The van der Waals surface area contributed by atoms with Crippen molar-refractivity contribution in [2.45, 2.75) is 6.92 Å². The highest BCUT2D eigenvalue weighted by atomic mass is 32.2. The Morgan fingerprint density at radius 2 is 2.00 bits per heavy atom. The van der Waals surface area contributed by atoms with Gasteiger partial charge in [-0.15, -0.1) is 0 Å². The third-order valence-electron chi connectivity index (χ3n) is 1.55. The molecule has 0 aliphatic carbocycles. The molecule has 0 aliphatic heterocycles. The van der Waals surface area contributed by atoms with Crippen LogP contribution in [-0.4, -0.2) is 17.0 Å². The van der Waals surface area contributed by atoms with Crippen molar-refractivity contribution in [1.82, 2.24) is 0 Å². The second-order valence-corrected chi connectivity index (χ2v) is 3.83. The molecule has 0 bridgehead atoms. The Hall–Kier alpha value is -0.870. The van der Waals surface area contributed by atoms with E-state index in [4.69, 9.17) is 4.28 Å². The highest BCUT2D eigenvalue weighted by Crippen LogP contribution is 2.11. The zero-order valence-corrected chi connectivity index (χ0v) is 8.58. The molecule has 13 heavy (non-hydrogen) atoms. The number of anilines is 1. The zero-order valence-electron chi connectivity index (χ0n) is 7.77. The molecule has 1 unspecified atom stereocenters. The number of hydrogen-bond donors (Lipinski definition) is 0. The Morgan fingerprint density at radius 1 is 1.38 bits per heavy atom. The SMILES string of the molecule is CCS(=O)ON(C)c1ccccc1. The predicted molar refractivity (Wildman–Crippen MR) is 54.6 cm³/mol. The minimum atomic E-state index is -1.23. The van der Waals surface area contributed by atoms with Gasteiger partial charge < -0.3 is 0 Å². The van der Waals surface area contributed by atoms with Gasteiger partial charge in [-0.25, -0.2) is 9.27 Å². The number of rotatable bonds is 4. The standard InChI is InChI=1S/C9H13NO2S/c1-3-13(11)12-10(2)9-7-5-4-6-8-9/h4-8H,3H2,1-2H3. The van der Waals surface area contributed by atoms with Crippen molar-refractivity contribution < 1.29 is 8.49 Å². The first-order valence-corrected chi connectivity index (χ1v) is 5.34. The fraction of sp³-hybridized carbons (Fsp3) is 0.333. The summed E-state index contributed by atoms with van der Waals surface area (Å²) in [6, 6.07) is 9.53. The van der Waals surface area contributed by atoms with Gasteiger partial charge in [0.1, 0.15) is 0 Å². The van der Waals surface area contributed by atoms with Crippen molar-refractivity contribution in [3.8, 4) is 0 Å². The summed E-state index contributed by atoms with van der Waals surface area (Å²) in [5.74, 6) is 0.497. The number of hydrogen-bond acceptors (Lipinski definition) is 3. The highest BCUT2D eigenvalue weighted by molar-refractivity contribution is 7.80. The van der Waals surface area contributed by atoms with E-state index in [1.165, 1.54) is 5.06 Å². The summed E-state index contributed by atoms with van der Waals surface area (Å²) >= 11 is -1.23. The third-order valence-corrected chi connectivity index (χ3v) is 2.41. The van der Waals surface area contributed by atoms with Crippen molar-refractivity contribution in [2.75, 3.05) is 17.9 Å². The summed E-state index contributed by atoms with van der Waals surface area (Å²) in [6.07, 6.45) is 0. The van der Waals surface area contributed by atoms with Crippen molar-refractivity contribution in [1.29, 1.82) is 0 Å². The quantitative estimate of drug-likeness (QED) is 0.692. The van der Waals surface area contributed by atoms with Gasteiger partial charge in [-0.1, -0.05) is 25.1 Å². The van der Waals surface area contributed by atoms with Crippen LogP contribution >= 0.6 is 0 Å². The van der Waals surface area contributed by atoms with Gasteiger partial charge in [-0.05, 0) is 12.1 Å². The lowest BCUT2D eigenvalue weighted by Gasteiger charge is -2.16. The van der Waals surface area contributed by atoms with Crippen LogP contribution in [0.2, 0.25) is 0 Å². The van der Waals surface area contributed by atoms with E-state index in [1.54, 1.807) is 7.05 Å². The minimum absolute atomic E-state index is 0.497. The summed E-state index contributed by atoms with van der Waals surface area (Å²) in [5.41, 5.74) is 0.893. The molecule has 3 nitrogen and oxygen atoms in total. The first-order chi connectivity index (χ1) is 6.24. The lowest BCUT2D eigenvalue weighted by Crippen LogP contribution is -2.19. The maximum absolute atomic E-state index is 11.0. The summed E-state index contributed by atoms with van der Waals surface area (Å²) in [6.45, 7) is 1.81. The van der Waals surface area contributed by atoms with E-state index < -0.39 is 11.1 Å². The van der Waals surface area contributed by atoms with E-state index in [0.29, 0.717) is 5.75 Å². The molecule has 0 N–H and O–H groups in total. The van der Waals surface area contributed by atoms with Crippen LogP contribution in [0.15, 0.2) is 30.3 Å². The third kappa shape index (κ3) is 3.16. The van der Waals surface area contributed by atoms with E-state index in [-0.39, 0.29) is 0 Å². The molecule has 0 amide bonds. The maximum atomic E-state index is 11.0. The van der Waals surface area contributed by atoms with Crippen molar-refractivity contribution in [3.05, 3.63) is 30.3 Å². The molecule has 0 aliphatic rings. The number of para-hydroxylation sites is 1. The Kier molecular flexibility index (Phi) is 3.92. The van der Waals surface area contributed by atoms with Gasteiger partial charge in [0.2, 0.25) is 0 Å². The molecule has 0 heterocycles. The zero-order chi connectivity index (χ0) is 9.68. The van der Waals surface area contributed by atoms with Gasteiger partial charge in [0.25, 0.3) is 0 Å². The molecule has 1 rings (SSSR count). The van der Waals surface area contributed by atoms with Gasteiger partial charge in [0.05, 0.1) is 5.69 Å². The normalized spacial score (nSPS) is 12.5. The van der Waals surface area contributed by atoms with Crippen LogP contribution in [-0.2, 0) is 15.4 Å². The summed E-state index contributed by atoms with van der Waals surface area (Å²) < 4.78 is 16.1. The van der Waals surface area contributed by atoms with Gasteiger partial charge in [0.15, 0.2) is 11.1 Å². The molecule has 0 spiro atoms. The molecule has 0 saturated heterocycles. The molecule has 1 atom stereocenters. The van der Waals surface area contributed by atoms with Crippen LogP contribution in [0.1, 0.15) is 6.92 Å². The van der Waals surface area contributed by atoms with Crippen molar-refractivity contribution in [3.63, 3.8) is 0 Å². The van der Waals surface area contributed by atoms with Crippen LogP contribution in [0.25, 0.3) is 0 Å². The monoisotopic (exact) mass is 199 g/mol. The lowest BCUT2D eigenvalue weighted by molar-refractivity contribution is 0.334. The van der Waals surface area contributed by atoms with Crippen LogP contribution in [0.3, 0.4) is 0 Å². The van der Waals surface area contributed by atoms with Gasteiger partial charge in [-0.2, -0.15) is 4.28 Å². The second kappa shape index (κ2) is 4.99. The molecule has 1 aromatic carbocycles. The van der Waals surface area contributed by atoms with Crippen LogP contribution < -0.4 is 5.06 Å². The molecule has 4 heteroatoms. The summed E-state index contributed by atoms with van der Waals surface area (Å²) in [4.78, 5) is 0. The maximum Gasteiger partial charge on any atom is 0.179 e. The molecule has 0 aromatic heterocycles. The Morgan fingerprint density at radius 3 is 2.54 bits per heavy atom. The number of nitrogens with zero attached hydrogens (tertiary/aromatic N) is 1. The van der Waals surface area contributed by atoms with Crippen LogP contribution in [0.4, 0.5) is 5.69 Å². The average molecular weight is 199 g/mol. The van der Waals surface area contributed by atoms with E-state index >= 15 is 0 Å². The van der Waals surface area contributed by atoms with Gasteiger partial charge in [0, 0.05) is 12.8 Å². The van der Waals surface area contributed by atoms with Gasteiger partial charge in [-0.3, -0.25) is 0 Å². The van der Waals surface area contributed by atoms with E-state index in [1.807, 2.05) is 37.3 Å². The lowest BCUT2D eigenvalue weighted by atomic mass is 10.3. The predicted octanol–water partition coefficient (Wildman–Crippen LogP) is 1.74. The number of hydroxylamine groups is 1. The number of benzene rings is 1. The molecule has 72 valence electrons. The molecule has 1 aromatic rings. The van der Waals surface area contributed by atoms with Crippen LogP contribution in [0.5, 0.6) is 0 Å². The molecule has 0 fully saturated rings. The first kappa shape index (κ1) is 10.2. The molecule has 0 radical (unpaired) electrons. The largest absolute Gasteiger partial charge is 0.242 e. The summed E-state index contributed by atoms with van der Waals surface area (Å²) in [5, 5.41) is 1.51. The second-order valence-electron chi connectivity index (χ2n) is 2.50. The minimum Gasteiger partial charge on any atom is -0.242 e. The molecular weight excluding hydrogens is 186 g/mol.